The number of nitrogens with one attached hydrogen (secondary N) is 1. The van der Waals surface area contributed by atoms with Crippen LogP contribution in [-0.4, -0.2) is 43.0 Å². The summed E-state index contributed by atoms with van der Waals surface area (Å²) in [6, 6.07) is 27.5. The Balaban J connectivity index is 1.35. The van der Waals surface area contributed by atoms with Gasteiger partial charge in [-0.3, -0.25) is 9.59 Å². The molecular weight excluding hydrogens is 412 g/mol. The smallest absolute Gasteiger partial charge is 0.234 e. The lowest BCUT2D eigenvalue weighted by atomic mass is 9.89. The summed E-state index contributed by atoms with van der Waals surface area (Å²) < 4.78 is 5.17. The molecule has 1 N–H and O–H groups in total. The molecule has 0 aromatic heterocycles. The van der Waals surface area contributed by atoms with E-state index in [0.717, 1.165) is 35.3 Å². The van der Waals surface area contributed by atoms with Gasteiger partial charge in [-0.1, -0.05) is 72.8 Å². The lowest BCUT2D eigenvalue weighted by Crippen LogP contribution is -2.48. The van der Waals surface area contributed by atoms with E-state index in [9.17, 15) is 9.59 Å². The summed E-state index contributed by atoms with van der Waals surface area (Å²) in [4.78, 5) is 28.0. The van der Waals surface area contributed by atoms with Gasteiger partial charge in [0.25, 0.3) is 0 Å². The van der Waals surface area contributed by atoms with E-state index < -0.39 is 0 Å². The Kier molecular flexibility index (Phi) is 7.40. The Bertz CT molecular complexity index is 1000. The zero-order valence-corrected chi connectivity index (χ0v) is 18.9. The number of carbonyl (C=O) groups is 2. The summed E-state index contributed by atoms with van der Waals surface area (Å²) >= 11 is 0. The average molecular weight is 443 g/mol. The van der Waals surface area contributed by atoms with Gasteiger partial charge in [0.15, 0.2) is 0 Å². The molecule has 0 unspecified atom stereocenters. The number of methoxy groups -OCH3 is 1. The van der Waals surface area contributed by atoms with Crippen LogP contribution in [0.25, 0.3) is 0 Å². The van der Waals surface area contributed by atoms with Gasteiger partial charge in [-0.05, 0) is 41.7 Å². The van der Waals surface area contributed by atoms with Gasteiger partial charge in [-0.25, -0.2) is 0 Å². The first-order valence-electron chi connectivity index (χ1n) is 11.4. The van der Waals surface area contributed by atoms with Crippen molar-refractivity contribution in [3.63, 3.8) is 0 Å². The molecule has 4 rings (SSSR count). The fourth-order valence-electron chi connectivity index (χ4n) is 4.40. The minimum Gasteiger partial charge on any atom is -0.497 e. The predicted octanol–water partition coefficient (Wildman–Crippen LogP) is 4.18. The van der Waals surface area contributed by atoms with Crippen LogP contribution < -0.4 is 10.1 Å². The van der Waals surface area contributed by atoms with E-state index in [-0.39, 0.29) is 23.8 Å². The molecule has 1 aliphatic heterocycles. The molecule has 1 fully saturated rings. The number of likely N-dealkylation sites (tertiary alicyclic amines) is 1. The molecular formula is C28H30N2O3. The number of amides is 2. The molecule has 0 atom stereocenters. The molecule has 0 radical (unpaired) electrons. The maximum absolute atomic E-state index is 13.5. The fourth-order valence-corrected chi connectivity index (χ4v) is 4.40. The number of nitrogens with zero attached hydrogens (tertiary/aromatic N) is 1. The van der Waals surface area contributed by atoms with E-state index >= 15 is 0 Å². The molecule has 3 aromatic carbocycles. The molecule has 2 amide bonds. The van der Waals surface area contributed by atoms with Crippen LogP contribution in [0.15, 0.2) is 84.9 Å². The van der Waals surface area contributed by atoms with Crippen molar-refractivity contribution in [3.05, 3.63) is 102 Å². The zero-order chi connectivity index (χ0) is 23.0. The number of hydrogen-bond acceptors (Lipinski definition) is 3. The van der Waals surface area contributed by atoms with E-state index in [4.69, 9.17) is 4.74 Å². The minimum atomic E-state index is -0.311. The number of benzene rings is 3. The van der Waals surface area contributed by atoms with Crippen LogP contribution in [0.2, 0.25) is 0 Å². The van der Waals surface area contributed by atoms with Gasteiger partial charge in [0, 0.05) is 19.1 Å². The highest BCUT2D eigenvalue weighted by Crippen LogP contribution is 2.28. The van der Waals surface area contributed by atoms with E-state index in [1.807, 2.05) is 89.8 Å². The van der Waals surface area contributed by atoms with Crippen LogP contribution in [0.5, 0.6) is 5.75 Å². The highest BCUT2D eigenvalue weighted by atomic mass is 16.5. The van der Waals surface area contributed by atoms with Crippen LogP contribution in [0, 0.1) is 0 Å². The summed E-state index contributed by atoms with van der Waals surface area (Å²) in [5.74, 6) is 0.598. The Labute approximate surface area is 195 Å². The van der Waals surface area contributed by atoms with Crippen molar-refractivity contribution in [2.75, 3.05) is 20.2 Å². The number of piperidine rings is 1. The SMILES string of the molecule is COc1ccc(CC(=O)NC2CCN(C(=O)C(c3ccccc3)c3ccccc3)CC2)cc1. The monoisotopic (exact) mass is 442 g/mol. The fraction of sp³-hybridized carbons (Fsp3) is 0.286. The summed E-state index contributed by atoms with van der Waals surface area (Å²) in [6.45, 7) is 1.28. The highest BCUT2D eigenvalue weighted by Gasteiger charge is 2.30. The van der Waals surface area contributed by atoms with Crippen molar-refractivity contribution in [2.24, 2.45) is 0 Å². The standard InChI is InChI=1S/C28H30N2O3/c1-33-25-14-12-21(13-15-25)20-26(31)29-24-16-18-30(19-17-24)28(32)27(22-8-4-2-5-9-22)23-10-6-3-7-11-23/h2-15,24,27H,16-20H2,1H3,(H,29,31). The second kappa shape index (κ2) is 10.8. The van der Waals surface area contributed by atoms with Crippen molar-refractivity contribution in [3.8, 4) is 5.75 Å². The van der Waals surface area contributed by atoms with Gasteiger partial charge in [0.05, 0.1) is 19.4 Å². The lowest BCUT2D eigenvalue weighted by Gasteiger charge is -2.35. The highest BCUT2D eigenvalue weighted by molar-refractivity contribution is 5.87. The van der Waals surface area contributed by atoms with Crippen LogP contribution in [0.4, 0.5) is 0 Å². The summed E-state index contributed by atoms with van der Waals surface area (Å²) in [7, 11) is 1.63. The van der Waals surface area contributed by atoms with Gasteiger partial charge >= 0.3 is 0 Å². The topological polar surface area (TPSA) is 58.6 Å². The van der Waals surface area contributed by atoms with Gasteiger partial charge < -0.3 is 15.0 Å². The number of carbonyl (C=O) groups excluding carboxylic acids is 2. The van der Waals surface area contributed by atoms with E-state index in [1.165, 1.54) is 0 Å². The molecule has 0 saturated carbocycles. The largest absolute Gasteiger partial charge is 0.497 e. The Morgan fingerprint density at radius 3 is 1.94 bits per heavy atom. The van der Waals surface area contributed by atoms with Crippen molar-refractivity contribution in [2.45, 2.75) is 31.2 Å². The Morgan fingerprint density at radius 1 is 0.879 bits per heavy atom. The molecule has 1 saturated heterocycles. The summed E-state index contributed by atoms with van der Waals surface area (Å²) in [6.07, 6.45) is 1.86. The molecule has 3 aromatic rings. The summed E-state index contributed by atoms with van der Waals surface area (Å²) in [5.41, 5.74) is 2.96. The quantitative estimate of drug-likeness (QED) is 0.597. The van der Waals surface area contributed by atoms with Gasteiger partial charge in [-0.2, -0.15) is 0 Å². The molecule has 0 spiro atoms. The van der Waals surface area contributed by atoms with E-state index in [1.54, 1.807) is 7.11 Å². The number of ether oxygens (including phenoxy) is 1. The molecule has 0 aliphatic carbocycles. The molecule has 170 valence electrons. The third-order valence-corrected chi connectivity index (χ3v) is 6.21. The van der Waals surface area contributed by atoms with Gasteiger partial charge in [0.2, 0.25) is 11.8 Å². The first-order chi connectivity index (χ1) is 16.1. The maximum atomic E-state index is 13.5. The number of hydrogen-bond donors (Lipinski definition) is 1. The minimum absolute atomic E-state index is 0.0105. The van der Waals surface area contributed by atoms with Crippen molar-refractivity contribution >= 4 is 11.8 Å². The van der Waals surface area contributed by atoms with Crippen molar-refractivity contribution in [1.29, 1.82) is 0 Å². The average Bonchev–Trinajstić information content (AvgIpc) is 2.86. The molecule has 1 aliphatic rings. The lowest BCUT2D eigenvalue weighted by molar-refractivity contribution is -0.133. The van der Waals surface area contributed by atoms with Crippen molar-refractivity contribution in [1.82, 2.24) is 10.2 Å². The van der Waals surface area contributed by atoms with Gasteiger partial charge in [-0.15, -0.1) is 0 Å². The van der Waals surface area contributed by atoms with Crippen LogP contribution >= 0.6 is 0 Å². The maximum Gasteiger partial charge on any atom is 0.234 e. The molecule has 5 nitrogen and oxygen atoms in total. The first-order valence-corrected chi connectivity index (χ1v) is 11.4. The normalized spacial score (nSPS) is 14.2. The molecule has 5 heteroatoms. The predicted molar refractivity (Wildman–Crippen MR) is 129 cm³/mol. The van der Waals surface area contributed by atoms with Crippen LogP contribution in [0.1, 0.15) is 35.4 Å². The third kappa shape index (κ3) is 5.80. The summed E-state index contributed by atoms with van der Waals surface area (Å²) in [5, 5.41) is 3.14. The molecule has 1 heterocycles. The second-order valence-electron chi connectivity index (χ2n) is 8.45. The van der Waals surface area contributed by atoms with Gasteiger partial charge in [0.1, 0.15) is 5.75 Å². The zero-order valence-electron chi connectivity index (χ0n) is 18.9. The van der Waals surface area contributed by atoms with Crippen molar-refractivity contribution < 1.29 is 14.3 Å². The number of rotatable bonds is 7. The first kappa shape index (κ1) is 22.6. The Morgan fingerprint density at radius 2 is 1.42 bits per heavy atom. The van der Waals surface area contributed by atoms with E-state index in [0.29, 0.717) is 19.5 Å². The van der Waals surface area contributed by atoms with Crippen LogP contribution in [0.3, 0.4) is 0 Å². The molecule has 0 bridgehead atoms. The molecule has 33 heavy (non-hydrogen) atoms. The van der Waals surface area contributed by atoms with E-state index in [2.05, 4.69) is 5.32 Å². The van der Waals surface area contributed by atoms with Crippen LogP contribution in [-0.2, 0) is 16.0 Å². The third-order valence-electron chi connectivity index (χ3n) is 6.21. The Hall–Kier alpha value is -3.60. The second-order valence-corrected chi connectivity index (χ2v) is 8.45.